The van der Waals surface area contributed by atoms with Gasteiger partial charge in [0.2, 0.25) is 5.91 Å². The molecule has 1 aromatic carbocycles. The van der Waals surface area contributed by atoms with Crippen LogP contribution in [0.15, 0.2) is 24.3 Å². The Kier molecular flexibility index (Phi) is 2.61. The highest BCUT2D eigenvalue weighted by Crippen LogP contribution is 2.31. The molecule has 6 heteroatoms. The van der Waals surface area contributed by atoms with Crippen LogP contribution in [-0.4, -0.2) is 52.1 Å². The second-order valence-corrected chi connectivity index (χ2v) is 5.52. The van der Waals surface area contributed by atoms with Crippen molar-refractivity contribution in [3.05, 3.63) is 24.3 Å². The van der Waals surface area contributed by atoms with E-state index < -0.39 is 0 Å². The number of amides is 1. The van der Waals surface area contributed by atoms with Crippen LogP contribution in [0.25, 0.3) is 11.0 Å². The van der Waals surface area contributed by atoms with Crippen LogP contribution in [0.1, 0.15) is 12.8 Å². The number of aromatic nitrogens is 3. The summed E-state index contributed by atoms with van der Waals surface area (Å²) in [5, 5.41) is 10.6. The van der Waals surface area contributed by atoms with Gasteiger partial charge in [0.15, 0.2) is 0 Å². The molecule has 2 aliphatic rings. The summed E-state index contributed by atoms with van der Waals surface area (Å²) < 4.78 is 0. The first-order chi connectivity index (χ1) is 9.83. The standard InChI is InChI=1S/C14H17N5O/c20-14(11-5-6-11)17-7-9-18(10-8-17)19-13-4-2-1-3-12(13)15-16-19/h1-4,11H,5-10H2. The van der Waals surface area contributed by atoms with Crippen molar-refractivity contribution in [3.8, 4) is 0 Å². The van der Waals surface area contributed by atoms with Gasteiger partial charge >= 0.3 is 0 Å². The van der Waals surface area contributed by atoms with Crippen molar-refractivity contribution in [1.29, 1.82) is 0 Å². The smallest absolute Gasteiger partial charge is 0.225 e. The molecular formula is C14H17N5O. The summed E-state index contributed by atoms with van der Waals surface area (Å²) in [5.41, 5.74) is 1.93. The third-order valence-corrected chi connectivity index (χ3v) is 4.10. The quantitative estimate of drug-likeness (QED) is 0.803. The average Bonchev–Trinajstić information content (AvgIpc) is 3.26. The topological polar surface area (TPSA) is 54.3 Å². The maximum Gasteiger partial charge on any atom is 0.225 e. The summed E-state index contributed by atoms with van der Waals surface area (Å²) in [4.78, 5) is 15.9. The van der Waals surface area contributed by atoms with Gasteiger partial charge < -0.3 is 4.90 Å². The highest BCUT2D eigenvalue weighted by molar-refractivity contribution is 5.81. The van der Waals surface area contributed by atoms with Gasteiger partial charge in [0.05, 0.1) is 13.1 Å². The zero-order chi connectivity index (χ0) is 13.5. The highest BCUT2D eigenvalue weighted by atomic mass is 16.2. The molecule has 6 nitrogen and oxygen atoms in total. The van der Waals surface area contributed by atoms with Gasteiger partial charge in [0, 0.05) is 19.0 Å². The number of fused-ring (bicyclic) bond motifs is 1. The molecule has 1 aliphatic carbocycles. The molecule has 20 heavy (non-hydrogen) atoms. The number of benzene rings is 1. The normalized spacial score (nSPS) is 19.6. The fraction of sp³-hybridized carbons (Fsp3) is 0.500. The number of rotatable bonds is 2. The van der Waals surface area contributed by atoms with Crippen LogP contribution in [0.5, 0.6) is 0 Å². The summed E-state index contributed by atoms with van der Waals surface area (Å²) in [6.45, 7) is 3.19. The van der Waals surface area contributed by atoms with Crippen molar-refractivity contribution in [2.24, 2.45) is 5.92 Å². The molecule has 0 N–H and O–H groups in total. The Morgan fingerprint density at radius 2 is 1.85 bits per heavy atom. The van der Waals surface area contributed by atoms with E-state index in [1.165, 1.54) is 0 Å². The molecule has 0 spiro atoms. The van der Waals surface area contributed by atoms with Gasteiger partial charge in [-0.25, -0.2) is 0 Å². The maximum absolute atomic E-state index is 12.0. The third-order valence-electron chi connectivity index (χ3n) is 4.10. The molecule has 1 saturated heterocycles. The van der Waals surface area contributed by atoms with Crippen molar-refractivity contribution >= 4 is 16.9 Å². The lowest BCUT2D eigenvalue weighted by molar-refractivity contribution is -0.133. The molecule has 1 saturated carbocycles. The van der Waals surface area contributed by atoms with E-state index in [0.29, 0.717) is 11.8 Å². The van der Waals surface area contributed by atoms with Crippen molar-refractivity contribution in [2.45, 2.75) is 12.8 Å². The van der Waals surface area contributed by atoms with Crippen molar-refractivity contribution < 1.29 is 4.79 Å². The highest BCUT2D eigenvalue weighted by Gasteiger charge is 2.34. The number of hydrogen-bond acceptors (Lipinski definition) is 4. The molecule has 104 valence electrons. The number of nitrogens with zero attached hydrogens (tertiary/aromatic N) is 5. The van der Waals surface area contributed by atoms with Crippen molar-refractivity contribution in [1.82, 2.24) is 20.0 Å². The molecular weight excluding hydrogens is 254 g/mol. The molecule has 0 bridgehead atoms. The summed E-state index contributed by atoms with van der Waals surface area (Å²) >= 11 is 0. The van der Waals surface area contributed by atoms with Gasteiger partial charge in [-0.05, 0) is 30.2 Å². The van der Waals surface area contributed by atoms with Crippen LogP contribution in [0.3, 0.4) is 0 Å². The van der Waals surface area contributed by atoms with Crippen LogP contribution < -0.4 is 5.01 Å². The predicted octanol–water partition coefficient (Wildman–Crippen LogP) is 0.621. The number of hydrogen-bond donors (Lipinski definition) is 0. The van der Waals surface area contributed by atoms with Gasteiger partial charge in [-0.2, -0.15) is 4.79 Å². The summed E-state index contributed by atoms with van der Waals surface area (Å²) in [7, 11) is 0. The van der Waals surface area contributed by atoms with E-state index in [9.17, 15) is 4.79 Å². The van der Waals surface area contributed by atoms with Crippen LogP contribution >= 0.6 is 0 Å². The van der Waals surface area contributed by atoms with E-state index in [2.05, 4.69) is 15.3 Å². The molecule has 1 amide bonds. The molecule has 1 aliphatic heterocycles. The zero-order valence-corrected chi connectivity index (χ0v) is 11.3. The number of piperazine rings is 1. The van der Waals surface area contributed by atoms with Gasteiger partial charge in [-0.3, -0.25) is 9.80 Å². The van der Waals surface area contributed by atoms with Gasteiger partial charge in [0.1, 0.15) is 11.0 Å². The first-order valence-corrected chi connectivity index (χ1v) is 7.17. The zero-order valence-electron chi connectivity index (χ0n) is 11.3. The Bertz CT molecular complexity index is 640. The van der Waals surface area contributed by atoms with E-state index in [-0.39, 0.29) is 0 Å². The van der Waals surface area contributed by atoms with E-state index in [1.54, 1.807) is 0 Å². The van der Waals surface area contributed by atoms with E-state index in [4.69, 9.17) is 0 Å². The van der Waals surface area contributed by atoms with Gasteiger partial charge in [-0.15, -0.1) is 5.10 Å². The molecule has 0 atom stereocenters. The lowest BCUT2D eigenvalue weighted by Crippen LogP contribution is -2.53. The first-order valence-electron chi connectivity index (χ1n) is 7.17. The Morgan fingerprint density at radius 1 is 1.10 bits per heavy atom. The van der Waals surface area contributed by atoms with E-state index in [0.717, 1.165) is 50.1 Å². The number of carbonyl (C=O) groups excluding carboxylic acids is 1. The minimum atomic E-state index is 0.314. The summed E-state index contributed by atoms with van der Waals surface area (Å²) in [6.07, 6.45) is 2.15. The summed E-state index contributed by atoms with van der Waals surface area (Å²) in [6, 6.07) is 7.95. The van der Waals surface area contributed by atoms with E-state index >= 15 is 0 Å². The van der Waals surface area contributed by atoms with E-state index in [1.807, 2.05) is 34.0 Å². The third kappa shape index (κ3) is 1.92. The number of para-hydroxylation sites is 1. The summed E-state index contributed by atoms with van der Waals surface area (Å²) in [5.74, 6) is 0.654. The monoisotopic (exact) mass is 271 g/mol. The van der Waals surface area contributed by atoms with Crippen LogP contribution in [-0.2, 0) is 4.79 Å². The molecule has 2 heterocycles. The van der Waals surface area contributed by atoms with Crippen LogP contribution in [0.4, 0.5) is 0 Å². The Morgan fingerprint density at radius 3 is 2.60 bits per heavy atom. The van der Waals surface area contributed by atoms with Gasteiger partial charge in [0.25, 0.3) is 0 Å². The molecule has 1 aromatic heterocycles. The van der Waals surface area contributed by atoms with Crippen LogP contribution in [0.2, 0.25) is 0 Å². The number of carbonyl (C=O) groups is 1. The SMILES string of the molecule is O=C(C1CC1)N1CCN(n2nnc3ccccc32)CC1. The maximum atomic E-state index is 12.0. The second-order valence-electron chi connectivity index (χ2n) is 5.52. The fourth-order valence-corrected chi connectivity index (χ4v) is 2.76. The minimum absolute atomic E-state index is 0.314. The minimum Gasteiger partial charge on any atom is -0.339 e. The van der Waals surface area contributed by atoms with Crippen molar-refractivity contribution in [2.75, 3.05) is 31.2 Å². The van der Waals surface area contributed by atoms with Gasteiger partial charge in [-0.1, -0.05) is 12.1 Å². The molecule has 2 fully saturated rings. The lowest BCUT2D eigenvalue weighted by Gasteiger charge is -2.35. The molecule has 2 aromatic rings. The Balaban J connectivity index is 1.50. The Labute approximate surface area is 116 Å². The average molecular weight is 271 g/mol. The fourth-order valence-electron chi connectivity index (χ4n) is 2.76. The largest absolute Gasteiger partial charge is 0.339 e. The lowest BCUT2D eigenvalue weighted by atomic mass is 10.3. The van der Waals surface area contributed by atoms with Crippen molar-refractivity contribution in [3.63, 3.8) is 0 Å². The molecule has 0 radical (unpaired) electrons. The predicted molar refractivity (Wildman–Crippen MR) is 74.8 cm³/mol. The Hall–Kier alpha value is -2.11. The second kappa shape index (κ2) is 4.47. The molecule has 4 rings (SSSR count). The van der Waals surface area contributed by atoms with Crippen LogP contribution in [0, 0.1) is 5.92 Å². The molecule has 0 unspecified atom stereocenters. The first kappa shape index (κ1) is 11.7.